The molecule has 1 aromatic rings. The maximum absolute atomic E-state index is 12.3. The number of Topliss-reactive ketones (excluding diaryl/α,β-unsaturated/α-hetero) is 1. The number of carbonyl (C=O) groups excluding carboxylic acids is 2. The van der Waals surface area contributed by atoms with Crippen LogP contribution in [0.1, 0.15) is 59.6 Å². The van der Waals surface area contributed by atoms with Crippen LogP contribution in [0.15, 0.2) is 0 Å². The molecule has 0 unspecified atom stereocenters. The van der Waals surface area contributed by atoms with Crippen molar-refractivity contribution in [2.24, 2.45) is 11.7 Å². The van der Waals surface area contributed by atoms with Crippen molar-refractivity contribution in [3.63, 3.8) is 0 Å². The molecule has 1 fully saturated rings. The molecule has 0 atom stereocenters. The monoisotopic (exact) mass is 309 g/mol. The van der Waals surface area contributed by atoms with Gasteiger partial charge in [0.2, 0.25) is 0 Å². The van der Waals surface area contributed by atoms with Crippen molar-refractivity contribution in [3.8, 4) is 0 Å². The number of thiophene rings is 1. The molecule has 1 aromatic heterocycles. The van der Waals surface area contributed by atoms with Crippen LogP contribution in [0.2, 0.25) is 0 Å². The van der Waals surface area contributed by atoms with Gasteiger partial charge in [-0.1, -0.05) is 13.3 Å². The molecule has 1 aliphatic rings. The number of nitrogens with zero attached hydrogens (tertiary/aromatic N) is 1. The molecule has 0 saturated heterocycles. The lowest BCUT2D eigenvalue weighted by molar-refractivity contribution is 0.0972. The molecule has 1 aliphatic carbocycles. The number of rotatable bonds is 8. The first-order valence-corrected chi connectivity index (χ1v) is 8.34. The SMILES string of the molecule is CCCCN(CC)c1sc(C(=O)C2CC2)c(N)c1C(N)=O. The molecular weight excluding hydrogens is 286 g/mol. The number of hydrogen-bond acceptors (Lipinski definition) is 5. The van der Waals surface area contributed by atoms with Crippen molar-refractivity contribution in [1.82, 2.24) is 0 Å². The molecule has 1 amide bonds. The van der Waals surface area contributed by atoms with Gasteiger partial charge in [0.1, 0.15) is 5.00 Å². The highest BCUT2D eigenvalue weighted by Gasteiger charge is 2.35. The number of amides is 1. The van der Waals surface area contributed by atoms with Crippen molar-refractivity contribution >= 4 is 33.7 Å². The van der Waals surface area contributed by atoms with E-state index in [1.54, 1.807) is 0 Å². The minimum Gasteiger partial charge on any atom is -0.397 e. The van der Waals surface area contributed by atoms with E-state index in [0.717, 1.165) is 43.8 Å². The van der Waals surface area contributed by atoms with Gasteiger partial charge < -0.3 is 16.4 Å². The Hall–Kier alpha value is -1.56. The third kappa shape index (κ3) is 3.20. The lowest BCUT2D eigenvalue weighted by atomic mass is 10.1. The van der Waals surface area contributed by atoms with E-state index in [2.05, 4.69) is 11.8 Å². The minimum absolute atomic E-state index is 0.0674. The molecule has 1 heterocycles. The molecule has 4 N–H and O–H groups in total. The topological polar surface area (TPSA) is 89.4 Å². The van der Waals surface area contributed by atoms with E-state index in [1.807, 2.05) is 6.92 Å². The molecule has 0 aliphatic heterocycles. The Morgan fingerprint density at radius 3 is 2.48 bits per heavy atom. The van der Waals surface area contributed by atoms with Crippen LogP contribution in [-0.2, 0) is 0 Å². The third-order valence-electron chi connectivity index (χ3n) is 3.80. The van der Waals surface area contributed by atoms with Crippen molar-refractivity contribution in [3.05, 3.63) is 10.4 Å². The number of unbranched alkanes of at least 4 members (excludes halogenated alkanes) is 1. The predicted molar refractivity (Wildman–Crippen MR) is 87.1 cm³/mol. The van der Waals surface area contributed by atoms with Crippen molar-refractivity contribution < 1.29 is 9.59 Å². The molecule has 1 saturated carbocycles. The smallest absolute Gasteiger partial charge is 0.253 e. The van der Waals surface area contributed by atoms with Gasteiger partial charge in [-0.15, -0.1) is 11.3 Å². The molecule has 116 valence electrons. The Labute approximate surface area is 129 Å². The lowest BCUT2D eigenvalue weighted by Gasteiger charge is -2.22. The van der Waals surface area contributed by atoms with E-state index in [-0.39, 0.29) is 17.4 Å². The number of anilines is 2. The molecule has 0 radical (unpaired) electrons. The van der Waals surface area contributed by atoms with E-state index in [9.17, 15) is 9.59 Å². The standard InChI is InChI=1S/C15H23N3O2S/c1-3-5-8-18(4-2)15-10(14(17)20)11(16)13(21-15)12(19)9-6-7-9/h9H,3-8,16H2,1-2H3,(H2,17,20). The van der Waals surface area contributed by atoms with Gasteiger partial charge >= 0.3 is 0 Å². The van der Waals surface area contributed by atoms with Gasteiger partial charge in [0.25, 0.3) is 5.91 Å². The highest BCUT2D eigenvalue weighted by atomic mass is 32.1. The molecule has 5 nitrogen and oxygen atoms in total. The average Bonchev–Trinajstić information content (AvgIpc) is 3.23. The van der Waals surface area contributed by atoms with Crippen LogP contribution in [0.5, 0.6) is 0 Å². The van der Waals surface area contributed by atoms with Crippen LogP contribution in [0, 0.1) is 5.92 Å². The Bertz CT molecular complexity index is 549. The van der Waals surface area contributed by atoms with E-state index in [0.29, 0.717) is 10.4 Å². The normalized spacial score (nSPS) is 14.2. The van der Waals surface area contributed by atoms with Gasteiger partial charge in [0.15, 0.2) is 5.78 Å². The third-order valence-corrected chi connectivity index (χ3v) is 5.08. The van der Waals surface area contributed by atoms with Gasteiger partial charge in [-0.2, -0.15) is 0 Å². The summed E-state index contributed by atoms with van der Waals surface area (Å²) in [7, 11) is 0. The van der Waals surface area contributed by atoms with Crippen LogP contribution in [-0.4, -0.2) is 24.8 Å². The number of carbonyl (C=O) groups is 2. The van der Waals surface area contributed by atoms with Gasteiger partial charge in [-0.05, 0) is 26.2 Å². The second kappa shape index (κ2) is 6.47. The minimum atomic E-state index is -0.552. The van der Waals surface area contributed by atoms with E-state index in [4.69, 9.17) is 11.5 Å². The van der Waals surface area contributed by atoms with Crippen molar-refractivity contribution in [2.75, 3.05) is 23.7 Å². The average molecular weight is 309 g/mol. The maximum atomic E-state index is 12.3. The van der Waals surface area contributed by atoms with Crippen LogP contribution in [0.25, 0.3) is 0 Å². The zero-order chi connectivity index (χ0) is 15.6. The van der Waals surface area contributed by atoms with Crippen LogP contribution in [0.3, 0.4) is 0 Å². The number of ketones is 1. The lowest BCUT2D eigenvalue weighted by Crippen LogP contribution is -2.26. The van der Waals surface area contributed by atoms with Crippen LogP contribution >= 0.6 is 11.3 Å². The predicted octanol–water partition coefficient (Wildman–Crippen LogP) is 2.65. The highest BCUT2D eigenvalue weighted by molar-refractivity contribution is 7.19. The zero-order valence-corrected chi connectivity index (χ0v) is 13.5. The van der Waals surface area contributed by atoms with Gasteiger partial charge in [0.05, 0.1) is 16.1 Å². The fourth-order valence-corrected chi connectivity index (χ4v) is 3.69. The number of primary amides is 1. The first kappa shape index (κ1) is 15.8. The largest absolute Gasteiger partial charge is 0.397 e. The molecule has 2 rings (SSSR count). The Morgan fingerprint density at radius 2 is 2.00 bits per heavy atom. The van der Waals surface area contributed by atoms with Crippen molar-refractivity contribution in [1.29, 1.82) is 0 Å². The summed E-state index contributed by atoms with van der Waals surface area (Å²) in [6.45, 7) is 5.74. The fraction of sp³-hybridized carbons (Fsp3) is 0.600. The van der Waals surface area contributed by atoms with Crippen LogP contribution < -0.4 is 16.4 Å². The van der Waals surface area contributed by atoms with E-state index < -0.39 is 5.91 Å². The quantitative estimate of drug-likeness (QED) is 0.722. The zero-order valence-electron chi connectivity index (χ0n) is 12.6. The Morgan fingerprint density at radius 1 is 1.33 bits per heavy atom. The Balaban J connectivity index is 2.40. The van der Waals surface area contributed by atoms with E-state index in [1.165, 1.54) is 11.3 Å². The maximum Gasteiger partial charge on any atom is 0.253 e. The van der Waals surface area contributed by atoms with Gasteiger partial charge in [0, 0.05) is 19.0 Å². The summed E-state index contributed by atoms with van der Waals surface area (Å²) in [6, 6.07) is 0. The van der Waals surface area contributed by atoms with Crippen LogP contribution in [0.4, 0.5) is 10.7 Å². The molecular formula is C15H23N3O2S. The van der Waals surface area contributed by atoms with Gasteiger partial charge in [-0.25, -0.2) is 0 Å². The number of hydrogen-bond donors (Lipinski definition) is 2. The molecule has 6 heteroatoms. The summed E-state index contributed by atoms with van der Waals surface area (Å²) < 4.78 is 0. The fourth-order valence-electron chi connectivity index (χ4n) is 2.36. The second-order valence-corrected chi connectivity index (χ2v) is 6.46. The van der Waals surface area contributed by atoms with E-state index >= 15 is 0 Å². The number of nitrogens with two attached hydrogens (primary N) is 2. The van der Waals surface area contributed by atoms with Crippen molar-refractivity contribution in [2.45, 2.75) is 39.5 Å². The Kier molecular flexibility index (Phi) is 4.88. The summed E-state index contributed by atoms with van der Waals surface area (Å²) in [5.41, 5.74) is 12.1. The molecule has 0 bridgehead atoms. The summed E-state index contributed by atoms with van der Waals surface area (Å²) in [6.07, 6.45) is 3.93. The number of nitrogen functional groups attached to an aromatic ring is 1. The first-order valence-electron chi connectivity index (χ1n) is 7.52. The first-order chi connectivity index (χ1) is 10.0. The highest BCUT2D eigenvalue weighted by Crippen LogP contribution is 2.43. The summed E-state index contributed by atoms with van der Waals surface area (Å²) in [4.78, 5) is 26.7. The molecule has 0 spiro atoms. The van der Waals surface area contributed by atoms with Gasteiger partial charge in [-0.3, -0.25) is 9.59 Å². The molecule has 21 heavy (non-hydrogen) atoms. The summed E-state index contributed by atoms with van der Waals surface area (Å²) in [5, 5.41) is 0.750. The second-order valence-electron chi connectivity index (χ2n) is 5.46. The summed E-state index contributed by atoms with van der Waals surface area (Å²) >= 11 is 1.32. The summed E-state index contributed by atoms with van der Waals surface area (Å²) in [5.74, 6) is -0.397. The molecule has 0 aromatic carbocycles.